The van der Waals surface area contributed by atoms with Crippen LogP contribution in [-0.2, 0) is 10.3 Å². The molecule has 2 heterocycles. The lowest BCUT2D eigenvalue weighted by molar-refractivity contribution is -0.131. The zero-order valence-electron chi connectivity index (χ0n) is 14.3. The van der Waals surface area contributed by atoms with E-state index in [4.69, 9.17) is 9.15 Å². The fourth-order valence-corrected chi connectivity index (χ4v) is 3.26. The third kappa shape index (κ3) is 3.28. The van der Waals surface area contributed by atoms with Gasteiger partial charge in [0.15, 0.2) is 0 Å². The summed E-state index contributed by atoms with van der Waals surface area (Å²) in [7, 11) is 0. The second-order valence-corrected chi connectivity index (χ2v) is 7.06. The van der Waals surface area contributed by atoms with Crippen LogP contribution in [0, 0.1) is 13.8 Å². The highest BCUT2D eigenvalue weighted by Gasteiger charge is 2.50. The molecule has 1 aromatic carbocycles. The fraction of sp³-hybridized carbons (Fsp3) is 0.333. The fourth-order valence-electron chi connectivity index (χ4n) is 3.00. The lowest BCUT2D eigenvalue weighted by Crippen LogP contribution is -2.41. The van der Waals surface area contributed by atoms with Gasteiger partial charge >= 0.3 is 6.03 Å². The Bertz CT molecular complexity index is 815. The van der Waals surface area contributed by atoms with Crippen LogP contribution in [0.25, 0.3) is 0 Å². The number of aryl methyl sites for hydroxylation is 2. The van der Waals surface area contributed by atoms with Crippen molar-refractivity contribution in [3.05, 3.63) is 51.9 Å². The number of furan rings is 1. The van der Waals surface area contributed by atoms with Crippen LogP contribution in [0.2, 0.25) is 0 Å². The zero-order chi connectivity index (χ0) is 18.2. The molecule has 1 atom stereocenters. The Kier molecular flexibility index (Phi) is 4.60. The van der Waals surface area contributed by atoms with Crippen LogP contribution in [0.15, 0.2) is 39.2 Å². The van der Waals surface area contributed by atoms with Crippen LogP contribution in [0.4, 0.5) is 4.79 Å². The topological polar surface area (TPSA) is 71.8 Å². The summed E-state index contributed by atoms with van der Waals surface area (Å²) < 4.78 is 12.1. The number of nitrogens with zero attached hydrogens (tertiary/aromatic N) is 1. The van der Waals surface area contributed by atoms with Crippen molar-refractivity contribution in [3.8, 4) is 5.75 Å². The molecule has 1 aliphatic heterocycles. The van der Waals surface area contributed by atoms with Gasteiger partial charge in [0.1, 0.15) is 29.4 Å². The molecule has 1 fully saturated rings. The van der Waals surface area contributed by atoms with Gasteiger partial charge in [-0.15, -0.1) is 0 Å². The Morgan fingerprint density at radius 1 is 1.24 bits per heavy atom. The summed E-state index contributed by atoms with van der Waals surface area (Å²) in [4.78, 5) is 26.3. The number of imide groups is 1. The molecule has 25 heavy (non-hydrogen) atoms. The van der Waals surface area contributed by atoms with Crippen molar-refractivity contribution in [1.29, 1.82) is 0 Å². The monoisotopic (exact) mass is 406 g/mol. The summed E-state index contributed by atoms with van der Waals surface area (Å²) in [6.45, 7) is 5.68. The van der Waals surface area contributed by atoms with E-state index in [9.17, 15) is 9.59 Å². The van der Waals surface area contributed by atoms with Crippen LogP contribution in [0.1, 0.15) is 24.0 Å². The molecule has 7 heteroatoms. The summed E-state index contributed by atoms with van der Waals surface area (Å²) in [6, 6.07) is 8.73. The molecule has 0 aliphatic carbocycles. The van der Waals surface area contributed by atoms with Crippen molar-refractivity contribution in [2.75, 3.05) is 13.2 Å². The molecule has 3 rings (SSSR count). The van der Waals surface area contributed by atoms with Gasteiger partial charge < -0.3 is 14.5 Å². The first-order valence-corrected chi connectivity index (χ1v) is 8.70. The first kappa shape index (κ1) is 17.5. The molecule has 1 aromatic heterocycles. The molecule has 1 aliphatic rings. The van der Waals surface area contributed by atoms with Gasteiger partial charge in [0.2, 0.25) is 0 Å². The standard InChI is InChI=1S/C18H19BrN2O4/c1-11-10-15(12(2)25-11)18(3)16(22)21(17(23)20-18)8-9-24-14-6-4-13(19)5-7-14/h4-7,10H,8-9H2,1-3H3,(H,20,23). The van der Waals surface area contributed by atoms with E-state index in [0.717, 1.165) is 4.47 Å². The lowest BCUT2D eigenvalue weighted by Gasteiger charge is -2.21. The van der Waals surface area contributed by atoms with Crippen LogP contribution in [0.3, 0.4) is 0 Å². The number of hydrogen-bond acceptors (Lipinski definition) is 4. The highest BCUT2D eigenvalue weighted by Crippen LogP contribution is 2.32. The van der Waals surface area contributed by atoms with E-state index in [2.05, 4.69) is 21.2 Å². The summed E-state index contributed by atoms with van der Waals surface area (Å²) >= 11 is 3.36. The van der Waals surface area contributed by atoms with Gasteiger partial charge in [-0.2, -0.15) is 0 Å². The third-order valence-electron chi connectivity index (χ3n) is 4.25. The maximum Gasteiger partial charge on any atom is 0.325 e. The highest BCUT2D eigenvalue weighted by atomic mass is 79.9. The highest BCUT2D eigenvalue weighted by molar-refractivity contribution is 9.10. The summed E-state index contributed by atoms with van der Waals surface area (Å²) in [5, 5.41) is 2.77. The largest absolute Gasteiger partial charge is 0.492 e. The maximum atomic E-state index is 12.8. The minimum Gasteiger partial charge on any atom is -0.492 e. The number of hydrogen-bond donors (Lipinski definition) is 1. The molecule has 3 amide bonds. The second-order valence-electron chi connectivity index (χ2n) is 6.14. The van der Waals surface area contributed by atoms with E-state index in [1.807, 2.05) is 31.2 Å². The van der Waals surface area contributed by atoms with Gasteiger partial charge in [-0.1, -0.05) is 15.9 Å². The van der Waals surface area contributed by atoms with Crippen LogP contribution >= 0.6 is 15.9 Å². The van der Waals surface area contributed by atoms with E-state index in [-0.39, 0.29) is 19.1 Å². The van der Waals surface area contributed by atoms with Crippen LogP contribution in [0.5, 0.6) is 5.75 Å². The van der Waals surface area contributed by atoms with Gasteiger partial charge in [-0.3, -0.25) is 9.69 Å². The quantitative estimate of drug-likeness (QED) is 0.771. The molecular formula is C18H19BrN2O4. The molecule has 0 spiro atoms. The molecule has 0 bridgehead atoms. The Morgan fingerprint density at radius 3 is 2.52 bits per heavy atom. The van der Waals surface area contributed by atoms with Crippen molar-refractivity contribution in [3.63, 3.8) is 0 Å². The summed E-state index contributed by atoms with van der Waals surface area (Å²) in [5.74, 6) is 1.70. The van der Waals surface area contributed by atoms with Crippen molar-refractivity contribution in [2.45, 2.75) is 26.3 Å². The van der Waals surface area contributed by atoms with E-state index >= 15 is 0 Å². The Morgan fingerprint density at radius 2 is 1.92 bits per heavy atom. The molecule has 0 saturated carbocycles. The minimum absolute atomic E-state index is 0.173. The van der Waals surface area contributed by atoms with Crippen LogP contribution < -0.4 is 10.1 Å². The first-order valence-electron chi connectivity index (χ1n) is 7.91. The van der Waals surface area contributed by atoms with Gasteiger partial charge in [0, 0.05) is 10.0 Å². The van der Waals surface area contributed by atoms with Gasteiger partial charge in [0.25, 0.3) is 5.91 Å². The number of halogens is 1. The Labute approximate surface area is 154 Å². The van der Waals surface area contributed by atoms with E-state index < -0.39 is 11.6 Å². The maximum absolute atomic E-state index is 12.8. The van der Waals surface area contributed by atoms with Crippen molar-refractivity contribution < 1.29 is 18.7 Å². The molecule has 2 aromatic rings. The van der Waals surface area contributed by atoms with Gasteiger partial charge in [-0.05, 0) is 51.1 Å². The number of amides is 3. The predicted molar refractivity (Wildman–Crippen MR) is 95.4 cm³/mol. The number of benzene rings is 1. The number of rotatable bonds is 5. The minimum atomic E-state index is -1.11. The number of carbonyl (C=O) groups is 2. The predicted octanol–water partition coefficient (Wildman–Crippen LogP) is 3.50. The second kappa shape index (κ2) is 6.55. The normalized spacial score (nSPS) is 20.1. The Hall–Kier alpha value is -2.28. The first-order chi connectivity index (χ1) is 11.8. The van der Waals surface area contributed by atoms with Crippen LogP contribution in [-0.4, -0.2) is 30.0 Å². The Balaban J connectivity index is 1.69. The van der Waals surface area contributed by atoms with E-state index in [0.29, 0.717) is 22.8 Å². The lowest BCUT2D eigenvalue weighted by atomic mass is 9.92. The van der Waals surface area contributed by atoms with E-state index in [1.165, 1.54) is 4.90 Å². The SMILES string of the molecule is Cc1cc(C2(C)NC(=O)N(CCOc3ccc(Br)cc3)C2=O)c(C)o1. The smallest absolute Gasteiger partial charge is 0.325 e. The molecule has 6 nitrogen and oxygen atoms in total. The number of urea groups is 1. The number of ether oxygens (including phenoxy) is 1. The third-order valence-corrected chi connectivity index (χ3v) is 4.78. The molecule has 1 saturated heterocycles. The number of nitrogens with one attached hydrogen (secondary N) is 1. The molecule has 0 radical (unpaired) electrons. The molecule has 1 N–H and O–H groups in total. The van der Waals surface area contributed by atoms with E-state index in [1.54, 1.807) is 19.9 Å². The van der Waals surface area contributed by atoms with Crippen molar-refractivity contribution in [2.24, 2.45) is 0 Å². The summed E-state index contributed by atoms with van der Waals surface area (Å²) in [5.41, 5.74) is -0.434. The average molecular weight is 407 g/mol. The van der Waals surface area contributed by atoms with Gasteiger partial charge in [0.05, 0.1) is 6.54 Å². The molecular weight excluding hydrogens is 388 g/mol. The molecule has 1 unspecified atom stereocenters. The molecule has 132 valence electrons. The van der Waals surface area contributed by atoms with Crippen molar-refractivity contribution in [1.82, 2.24) is 10.2 Å². The average Bonchev–Trinajstić information content (AvgIpc) is 3.01. The van der Waals surface area contributed by atoms with Crippen molar-refractivity contribution >= 4 is 27.9 Å². The number of carbonyl (C=O) groups excluding carboxylic acids is 2. The zero-order valence-corrected chi connectivity index (χ0v) is 15.8. The van der Waals surface area contributed by atoms with Gasteiger partial charge in [-0.25, -0.2) is 4.79 Å². The summed E-state index contributed by atoms with van der Waals surface area (Å²) in [6.07, 6.45) is 0.